The van der Waals surface area contributed by atoms with Gasteiger partial charge in [0.25, 0.3) is 5.91 Å². The lowest BCUT2D eigenvalue weighted by Gasteiger charge is -2.23. The standard InChI is InChI=1S/C21H26N2O2/c1-13(2)25-20-11-10-16(12-19(20)22)21(24)23-14(3)17-8-4-6-15-7-5-9-18(15)17/h4,6,8,10,12-13,20H,3,5,7,9,11,22H2,1-2H3,(H,23,24). The molecule has 0 aliphatic heterocycles. The average molecular weight is 338 g/mol. The number of amides is 1. The van der Waals surface area contributed by atoms with Gasteiger partial charge in [-0.15, -0.1) is 0 Å². The molecule has 3 rings (SSSR count). The third-order valence-corrected chi connectivity index (χ3v) is 4.68. The van der Waals surface area contributed by atoms with E-state index in [2.05, 4.69) is 18.0 Å². The maximum Gasteiger partial charge on any atom is 0.255 e. The summed E-state index contributed by atoms with van der Waals surface area (Å²) in [7, 11) is 0. The first-order chi connectivity index (χ1) is 12.0. The van der Waals surface area contributed by atoms with E-state index >= 15 is 0 Å². The molecule has 3 N–H and O–H groups in total. The van der Waals surface area contributed by atoms with E-state index in [0.717, 1.165) is 24.8 Å². The molecule has 25 heavy (non-hydrogen) atoms. The van der Waals surface area contributed by atoms with E-state index < -0.39 is 0 Å². The molecule has 0 fully saturated rings. The number of benzene rings is 1. The van der Waals surface area contributed by atoms with Crippen LogP contribution in [-0.4, -0.2) is 18.1 Å². The van der Waals surface area contributed by atoms with Crippen LogP contribution in [0.25, 0.3) is 5.70 Å². The summed E-state index contributed by atoms with van der Waals surface area (Å²) in [6.07, 6.45) is 7.44. The van der Waals surface area contributed by atoms with Gasteiger partial charge in [-0.25, -0.2) is 0 Å². The van der Waals surface area contributed by atoms with Crippen LogP contribution in [-0.2, 0) is 22.4 Å². The molecule has 0 heterocycles. The summed E-state index contributed by atoms with van der Waals surface area (Å²) in [4.78, 5) is 12.6. The van der Waals surface area contributed by atoms with Gasteiger partial charge in [0.2, 0.25) is 0 Å². The predicted molar refractivity (Wildman–Crippen MR) is 101 cm³/mol. The highest BCUT2D eigenvalue weighted by Crippen LogP contribution is 2.28. The maximum atomic E-state index is 12.6. The van der Waals surface area contributed by atoms with Crippen molar-refractivity contribution in [1.82, 2.24) is 5.32 Å². The Morgan fingerprint density at radius 1 is 1.36 bits per heavy atom. The second-order valence-electron chi connectivity index (χ2n) is 6.94. The van der Waals surface area contributed by atoms with E-state index in [4.69, 9.17) is 10.5 Å². The fourth-order valence-corrected chi connectivity index (χ4v) is 3.50. The smallest absolute Gasteiger partial charge is 0.255 e. The molecule has 4 heteroatoms. The van der Waals surface area contributed by atoms with E-state index in [9.17, 15) is 4.79 Å². The van der Waals surface area contributed by atoms with Gasteiger partial charge in [-0.05, 0) is 56.7 Å². The molecular weight excluding hydrogens is 312 g/mol. The van der Waals surface area contributed by atoms with Crippen molar-refractivity contribution in [3.63, 3.8) is 0 Å². The van der Waals surface area contributed by atoms with Crippen LogP contribution in [0.1, 0.15) is 43.4 Å². The largest absolute Gasteiger partial charge is 0.400 e. The summed E-state index contributed by atoms with van der Waals surface area (Å²) in [5, 5.41) is 2.93. The molecule has 0 spiro atoms. The first-order valence-electron chi connectivity index (χ1n) is 8.89. The Bertz CT molecular complexity index is 759. The van der Waals surface area contributed by atoms with Gasteiger partial charge in [-0.2, -0.15) is 0 Å². The first kappa shape index (κ1) is 17.5. The minimum absolute atomic E-state index is 0.0979. The van der Waals surface area contributed by atoms with E-state index in [1.54, 1.807) is 6.08 Å². The number of aryl methyl sites for hydroxylation is 1. The Hall–Kier alpha value is -2.33. The van der Waals surface area contributed by atoms with E-state index in [0.29, 0.717) is 23.4 Å². The molecular formula is C21H26N2O2. The number of hydrogen-bond acceptors (Lipinski definition) is 3. The van der Waals surface area contributed by atoms with Crippen LogP contribution in [0.15, 0.2) is 48.2 Å². The molecule has 2 aliphatic rings. The summed E-state index contributed by atoms with van der Waals surface area (Å²) < 4.78 is 5.75. The normalized spacial score (nSPS) is 19.2. The van der Waals surface area contributed by atoms with Crippen LogP contribution >= 0.6 is 0 Å². The minimum atomic E-state index is -0.174. The third kappa shape index (κ3) is 3.85. The molecule has 0 aromatic heterocycles. The van der Waals surface area contributed by atoms with E-state index in [-0.39, 0.29) is 18.1 Å². The van der Waals surface area contributed by atoms with Crippen LogP contribution in [0.4, 0.5) is 0 Å². The molecule has 0 saturated carbocycles. The van der Waals surface area contributed by atoms with Gasteiger partial charge in [0.05, 0.1) is 6.10 Å². The fraction of sp³-hybridized carbons (Fsp3) is 0.381. The highest BCUT2D eigenvalue weighted by Gasteiger charge is 2.22. The van der Waals surface area contributed by atoms with Gasteiger partial charge in [0.1, 0.15) is 6.10 Å². The van der Waals surface area contributed by atoms with Crippen molar-refractivity contribution in [1.29, 1.82) is 0 Å². The Kier molecular flexibility index (Phi) is 5.09. The summed E-state index contributed by atoms with van der Waals surface area (Å²) >= 11 is 0. The molecule has 2 aliphatic carbocycles. The van der Waals surface area contributed by atoms with Gasteiger partial charge >= 0.3 is 0 Å². The Morgan fingerprint density at radius 2 is 2.16 bits per heavy atom. The second kappa shape index (κ2) is 7.28. The van der Waals surface area contributed by atoms with Crippen LogP contribution in [0.5, 0.6) is 0 Å². The lowest BCUT2D eigenvalue weighted by Crippen LogP contribution is -2.30. The Morgan fingerprint density at radius 3 is 2.88 bits per heavy atom. The van der Waals surface area contributed by atoms with Crippen molar-refractivity contribution >= 4 is 11.6 Å². The van der Waals surface area contributed by atoms with Gasteiger partial charge in [0, 0.05) is 22.5 Å². The van der Waals surface area contributed by atoms with Crippen molar-refractivity contribution in [3.05, 3.63) is 64.9 Å². The first-order valence-corrected chi connectivity index (χ1v) is 8.89. The number of carbonyl (C=O) groups excluding carboxylic acids is 1. The summed E-state index contributed by atoms with van der Waals surface area (Å²) in [6, 6.07) is 6.21. The highest BCUT2D eigenvalue weighted by atomic mass is 16.5. The van der Waals surface area contributed by atoms with Crippen LogP contribution in [0.2, 0.25) is 0 Å². The highest BCUT2D eigenvalue weighted by molar-refractivity contribution is 6.01. The number of nitrogens with one attached hydrogen (secondary N) is 1. The number of ether oxygens (including phenoxy) is 1. The topological polar surface area (TPSA) is 64.3 Å². The van der Waals surface area contributed by atoms with Gasteiger partial charge in [-0.3, -0.25) is 4.79 Å². The molecule has 132 valence electrons. The number of hydrogen-bond donors (Lipinski definition) is 2. The summed E-state index contributed by atoms with van der Waals surface area (Å²) in [6.45, 7) is 8.02. The van der Waals surface area contributed by atoms with E-state index in [1.165, 1.54) is 11.1 Å². The maximum absolute atomic E-state index is 12.6. The zero-order valence-corrected chi connectivity index (χ0v) is 15.0. The van der Waals surface area contributed by atoms with Crippen molar-refractivity contribution < 1.29 is 9.53 Å². The SMILES string of the molecule is C=C(NC(=O)C1=CCC(OC(C)C)C(N)=C1)c1cccc2c1CCC2. The van der Waals surface area contributed by atoms with Gasteiger partial charge in [0.15, 0.2) is 0 Å². The van der Waals surface area contributed by atoms with Gasteiger partial charge < -0.3 is 15.8 Å². The molecule has 0 radical (unpaired) electrons. The van der Waals surface area contributed by atoms with Crippen LogP contribution in [0, 0.1) is 0 Å². The van der Waals surface area contributed by atoms with Crippen LogP contribution < -0.4 is 11.1 Å². The van der Waals surface area contributed by atoms with Crippen LogP contribution in [0.3, 0.4) is 0 Å². The molecule has 1 atom stereocenters. The lowest BCUT2D eigenvalue weighted by molar-refractivity contribution is -0.116. The van der Waals surface area contributed by atoms with Crippen molar-refractivity contribution in [2.24, 2.45) is 5.73 Å². The monoisotopic (exact) mass is 338 g/mol. The molecule has 4 nitrogen and oxygen atoms in total. The number of carbonyl (C=O) groups is 1. The summed E-state index contributed by atoms with van der Waals surface area (Å²) in [5.74, 6) is -0.174. The van der Waals surface area contributed by atoms with Crippen molar-refractivity contribution in [2.45, 2.75) is 51.7 Å². The van der Waals surface area contributed by atoms with Gasteiger partial charge in [-0.1, -0.05) is 30.9 Å². The quantitative estimate of drug-likeness (QED) is 0.866. The molecule has 1 aromatic carbocycles. The predicted octanol–water partition coefficient (Wildman–Crippen LogP) is 3.23. The lowest BCUT2D eigenvalue weighted by atomic mass is 9.99. The second-order valence-corrected chi connectivity index (χ2v) is 6.94. The molecule has 0 saturated heterocycles. The molecule has 1 amide bonds. The fourth-order valence-electron chi connectivity index (χ4n) is 3.50. The van der Waals surface area contributed by atoms with Crippen molar-refractivity contribution in [3.8, 4) is 0 Å². The summed E-state index contributed by atoms with van der Waals surface area (Å²) in [5.41, 5.74) is 11.6. The Balaban J connectivity index is 1.68. The van der Waals surface area contributed by atoms with Crippen molar-refractivity contribution in [2.75, 3.05) is 0 Å². The average Bonchev–Trinajstić information content (AvgIpc) is 3.04. The zero-order chi connectivity index (χ0) is 18.0. The molecule has 1 unspecified atom stereocenters. The Labute approximate surface area is 149 Å². The molecule has 1 aromatic rings. The number of rotatable bonds is 5. The van der Waals surface area contributed by atoms with E-state index in [1.807, 2.05) is 32.1 Å². The zero-order valence-electron chi connectivity index (χ0n) is 15.0. The molecule has 0 bridgehead atoms. The number of fused-ring (bicyclic) bond motifs is 1. The minimum Gasteiger partial charge on any atom is -0.400 e. The third-order valence-electron chi connectivity index (χ3n) is 4.68. The number of nitrogens with two attached hydrogens (primary N) is 1.